The summed E-state index contributed by atoms with van der Waals surface area (Å²) < 4.78 is 0. The van der Waals surface area contributed by atoms with E-state index in [9.17, 15) is 4.79 Å². The van der Waals surface area contributed by atoms with E-state index >= 15 is 0 Å². The van der Waals surface area contributed by atoms with Gasteiger partial charge in [-0.05, 0) is 42.0 Å². The summed E-state index contributed by atoms with van der Waals surface area (Å²) in [6, 6.07) is 12.8. The van der Waals surface area contributed by atoms with Crippen molar-refractivity contribution in [3.8, 4) is 0 Å². The molecule has 0 aliphatic heterocycles. The van der Waals surface area contributed by atoms with E-state index in [2.05, 4.69) is 5.32 Å². The number of carbonyl (C=O) groups excluding carboxylic acids is 1. The summed E-state index contributed by atoms with van der Waals surface area (Å²) in [4.78, 5) is 14.0. The molecule has 0 saturated carbocycles. The van der Waals surface area contributed by atoms with Crippen LogP contribution in [0, 0.1) is 0 Å². The largest absolute Gasteiger partial charge is 0.399 e. The predicted molar refractivity (Wildman–Crippen MR) is 88.4 cm³/mol. The van der Waals surface area contributed by atoms with Gasteiger partial charge in [-0.3, -0.25) is 4.79 Å². The molecule has 1 amide bonds. The standard InChI is InChI=1S/C16H20N4O/c1-20(2)14-7-5-13(6-8-14)19-16(21)9-11-3-4-12(17)10-15(11)18/h3-8,10H,9,17-18H2,1-2H3,(H,19,21). The third kappa shape index (κ3) is 3.89. The van der Waals surface area contributed by atoms with E-state index in [0.29, 0.717) is 11.4 Å². The van der Waals surface area contributed by atoms with Crippen LogP contribution in [0.2, 0.25) is 0 Å². The molecule has 0 aliphatic carbocycles. The number of hydrogen-bond donors (Lipinski definition) is 3. The molecule has 0 saturated heterocycles. The number of benzene rings is 2. The van der Waals surface area contributed by atoms with Crippen LogP contribution in [0.3, 0.4) is 0 Å². The Hall–Kier alpha value is -2.69. The minimum absolute atomic E-state index is 0.107. The van der Waals surface area contributed by atoms with Crippen LogP contribution in [-0.2, 0) is 11.2 Å². The molecule has 2 rings (SSSR count). The van der Waals surface area contributed by atoms with Crippen molar-refractivity contribution in [1.82, 2.24) is 0 Å². The molecule has 0 heterocycles. The lowest BCUT2D eigenvalue weighted by Gasteiger charge is -2.13. The zero-order chi connectivity index (χ0) is 15.4. The first-order chi connectivity index (χ1) is 9.95. The lowest BCUT2D eigenvalue weighted by atomic mass is 10.1. The van der Waals surface area contributed by atoms with Crippen LogP contribution < -0.4 is 21.7 Å². The smallest absolute Gasteiger partial charge is 0.228 e. The molecule has 5 heteroatoms. The van der Waals surface area contributed by atoms with Gasteiger partial charge in [0.05, 0.1) is 6.42 Å². The van der Waals surface area contributed by atoms with Crippen LogP contribution in [0.5, 0.6) is 0 Å². The van der Waals surface area contributed by atoms with Gasteiger partial charge in [-0.1, -0.05) is 6.07 Å². The van der Waals surface area contributed by atoms with E-state index in [1.54, 1.807) is 18.2 Å². The molecular formula is C16H20N4O. The highest BCUT2D eigenvalue weighted by molar-refractivity contribution is 5.93. The van der Waals surface area contributed by atoms with Crippen LogP contribution in [0.4, 0.5) is 22.7 Å². The molecule has 5 nitrogen and oxygen atoms in total. The quantitative estimate of drug-likeness (QED) is 0.751. The third-order valence-electron chi connectivity index (χ3n) is 3.19. The second kappa shape index (κ2) is 6.17. The summed E-state index contributed by atoms with van der Waals surface area (Å²) in [6.45, 7) is 0. The van der Waals surface area contributed by atoms with Gasteiger partial charge in [0.2, 0.25) is 5.91 Å². The van der Waals surface area contributed by atoms with Gasteiger partial charge in [0.1, 0.15) is 0 Å². The minimum Gasteiger partial charge on any atom is -0.399 e. The van der Waals surface area contributed by atoms with Crippen LogP contribution >= 0.6 is 0 Å². The second-order valence-electron chi connectivity index (χ2n) is 5.12. The Labute approximate surface area is 124 Å². The summed E-state index contributed by atoms with van der Waals surface area (Å²) in [6.07, 6.45) is 0.224. The first-order valence-corrected chi connectivity index (χ1v) is 6.67. The van der Waals surface area contributed by atoms with Gasteiger partial charge in [0.25, 0.3) is 0 Å². The van der Waals surface area contributed by atoms with Gasteiger partial charge in [-0.2, -0.15) is 0 Å². The van der Waals surface area contributed by atoms with Gasteiger partial charge in [-0.15, -0.1) is 0 Å². The van der Waals surface area contributed by atoms with Gasteiger partial charge >= 0.3 is 0 Å². The van der Waals surface area contributed by atoms with Crippen LogP contribution in [0.1, 0.15) is 5.56 Å². The predicted octanol–water partition coefficient (Wildman–Crippen LogP) is 2.10. The Kier molecular flexibility index (Phi) is 4.33. The molecule has 0 atom stereocenters. The average molecular weight is 284 g/mol. The fraction of sp³-hybridized carbons (Fsp3) is 0.188. The number of nitrogens with zero attached hydrogens (tertiary/aromatic N) is 1. The van der Waals surface area contributed by atoms with Crippen molar-refractivity contribution in [3.63, 3.8) is 0 Å². The monoisotopic (exact) mass is 284 g/mol. The topological polar surface area (TPSA) is 84.4 Å². The molecule has 0 unspecified atom stereocenters. The van der Waals surface area contributed by atoms with E-state index in [1.807, 2.05) is 43.3 Å². The average Bonchev–Trinajstić information content (AvgIpc) is 2.42. The van der Waals surface area contributed by atoms with Gasteiger partial charge in [0, 0.05) is 36.8 Å². The molecule has 0 spiro atoms. The molecule has 0 aromatic heterocycles. The fourth-order valence-electron chi connectivity index (χ4n) is 2.00. The summed E-state index contributed by atoms with van der Waals surface area (Å²) in [5.74, 6) is -0.107. The maximum atomic E-state index is 12.0. The number of amides is 1. The van der Waals surface area contributed by atoms with Crippen molar-refractivity contribution in [2.45, 2.75) is 6.42 Å². The zero-order valence-electron chi connectivity index (χ0n) is 12.3. The first-order valence-electron chi connectivity index (χ1n) is 6.67. The number of rotatable bonds is 4. The molecular weight excluding hydrogens is 264 g/mol. The molecule has 5 N–H and O–H groups in total. The number of hydrogen-bond acceptors (Lipinski definition) is 4. The Morgan fingerprint density at radius 2 is 1.76 bits per heavy atom. The summed E-state index contributed by atoms with van der Waals surface area (Å²) in [7, 11) is 3.94. The molecule has 0 aliphatic rings. The summed E-state index contributed by atoms with van der Waals surface area (Å²) in [5.41, 5.74) is 15.2. The number of carbonyl (C=O) groups is 1. The maximum Gasteiger partial charge on any atom is 0.228 e. The zero-order valence-corrected chi connectivity index (χ0v) is 12.3. The van der Waals surface area contributed by atoms with E-state index in [0.717, 1.165) is 16.9 Å². The number of nitrogens with two attached hydrogens (primary N) is 2. The fourth-order valence-corrected chi connectivity index (χ4v) is 2.00. The third-order valence-corrected chi connectivity index (χ3v) is 3.19. The highest BCUT2D eigenvalue weighted by Crippen LogP contribution is 2.18. The van der Waals surface area contributed by atoms with E-state index in [4.69, 9.17) is 11.5 Å². The molecule has 0 radical (unpaired) electrons. The molecule has 110 valence electrons. The summed E-state index contributed by atoms with van der Waals surface area (Å²) in [5, 5.41) is 2.85. The van der Waals surface area contributed by atoms with Crippen LogP contribution in [0.25, 0.3) is 0 Å². The van der Waals surface area contributed by atoms with Crippen molar-refractivity contribution >= 4 is 28.7 Å². The van der Waals surface area contributed by atoms with Crippen molar-refractivity contribution in [2.24, 2.45) is 0 Å². The van der Waals surface area contributed by atoms with Gasteiger partial charge in [0.15, 0.2) is 0 Å². The first kappa shape index (κ1) is 14.7. The number of nitrogens with one attached hydrogen (secondary N) is 1. The Bertz CT molecular complexity index is 635. The Morgan fingerprint density at radius 3 is 2.33 bits per heavy atom. The summed E-state index contributed by atoms with van der Waals surface area (Å²) >= 11 is 0. The minimum atomic E-state index is -0.107. The lowest BCUT2D eigenvalue weighted by Crippen LogP contribution is -2.15. The molecule has 0 bridgehead atoms. The SMILES string of the molecule is CN(C)c1ccc(NC(=O)Cc2ccc(N)cc2N)cc1. The lowest BCUT2D eigenvalue weighted by molar-refractivity contribution is -0.115. The molecule has 2 aromatic carbocycles. The van der Waals surface area contributed by atoms with Crippen molar-refractivity contribution in [2.75, 3.05) is 35.8 Å². The van der Waals surface area contributed by atoms with Gasteiger partial charge in [-0.25, -0.2) is 0 Å². The highest BCUT2D eigenvalue weighted by Gasteiger charge is 2.07. The number of nitrogen functional groups attached to an aromatic ring is 2. The van der Waals surface area contributed by atoms with E-state index < -0.39 is 0 Å². The van der Waals surface area contributed by atoms with Gasteiger partial charge < -0.3 is 21.7 Å². The van der Waals surface area contributed by atoms with Crippen molar-refractivity contribution < 1.29 is 4.79 Å². The molecule has 21 heavy (non-hydrogen) atoms. The Morgan fingerprint density at radius 1 is 1.10 bits per heavy atom. The highest BCUT2D eigenvalue weighted by atomic mass is 16.1. The normalized spacial score (nSPS) is 10.2. The van der Waals surface area contributed by atoms with Crippen molar-refractivity contribution in [1.29, 1.82) is 0 Å². The second-order valence-corrected chi connectivity index (χ2v) is 5.12. The Balaban J connectivity index is 2.01. The molecule has 2 aromatic rings. The van der Waals surface area contributed by atoms with Crippen LogP contribution in [0.15, 0.2) is 42.5 Å². The van der Waals surface area contributed by atoms with E-state index in [-0.39, 0.29) is 12.3 Å². The molecule has 0 fully saturated rings. The maximum absolute atomic E-state index is 12.0. The number of anilines is 4. The van der Waals surface area contributed by atoms with Crippen molar-refractivity contribution in [3.05, 3.63) is 48.0 Å². The van der Waals surface area contributed by atoms with E-state index in [1.165, 1.54) is 0 Å². The van der Waals surface area contributed by atoms with Crippen LogP contribution in [-0.4, -0.2) is 20.0 Å².